The Labute approximate surface area is 189 Å². The predicted octanol–water partition coefficient (Wildman–Crippen LogP) is 4.45. The molecule has 2 aromatic carbocycles. The highest BCUT2D eigenvalue weighted by Gasteiger charge is 2.26. The van der Waals surface area contributed by atoms with Crippen LogP contribution in [-0.4, -0.2) is 46.2 Å². The van der Waals surface area contributed by atoms with Gasteiger partial charge in [0.2, 0.25) is 5.91 Å². The first-order valence-electron chi connectivity index (χ1n) is 11.7. The molecule has 0 bridgehead atoms. The average Bonchev–Trinajstić information content (AvgIpc) is 3.23. The van der Waals surface area contributed by atoms with Crippen LogP contribution in [0.4, 0.5) is 0 Å². The number of aromatic nitrogens is 1. The Morgan fingerprint density at radius 2 is 1.91 bits per heavy atom. The summed E-state index contributed by atoms with van der Waals surface area (Å²) in [5.74, 6) is 0.745. The summed E-state index contributed by atoms with van der Waals surface area (Å²) in [5.41, 5.74) is 4.09. The van der Waals surface area contributed by atoms with Crippen molar-refractivity contribution in [3.05, 3.63) is 77.5 Å². The van der Waals surface area contributed by atoms with Crippen molar-refractivity contribution in [2.45, 2.75) is 38.6 Å². The number of nitrogens with zero attached hydrogens (tertiary/aromatic N) is 3. The number of carbonyl (C=O) groups excluding carboxylic acids is 2. The van der Waals surface area contributed by atoms with Gasteiger partial charge in [0.1, 0.15) is 0 Å². The highest BCUT2D eigenvalue weighted by molar-refractivity contribution is 5.94. The Balaban J connectivity index is 1.27. The van der Waals surface area contributed by atoms with Gasteiger partial charge in [-0.15, -0.1) is 0 Å². The highest BCUT2D eigenvalue weighted by Crippen LogP contribution is 2.26. The van der Waals surface area contributed by atoms with Crippen LogP contribution in [0.3, 0.4) is 0 Å². The van der Waals surface area contributed by atoms with Gasteiger partial charge in [0.15, 0.2) is 0 Å². The highest BCUT2D eigenvalue weighted by atomic mass is 16.2. The Kier molecular flexibility index (Phi) is 5.89. The van der Waals surface area contributed by atoms with Gasteiger partial charge in [-0.1, -0.05) is 36.4 Å². The lowest BCUT2D eigenvalue weighted by Gasteiger charge is -2.33. The average molecular weight is 428 g/mol. The zero-order valence-electron chi connectivity index (χ0n) is 18.4. The van der Waals surface area contributed by atoms with Gasteiger partial charge < -0.3 is 9.80 Å². The van der Waals surface area contributed by atoms with Gasteiger partial charge in [-0.3, -0.25) is 14.6 Å². The molecule has 164 valence electrons. The summed E-state index contributed by atoms with van der Waals surface area (Å²) in [6.45, 7) is 2.99. The number of para-hydroxylation sites is 1. The second-order valence-corrected chi connectivity index (χ2v) is 9.08. The number of hydrogen-bond donors (Lipinski definition) is 0. The minimum absolute atomic E-state index is 0.0975. The molecule has 1 atom stereocenters. The van der Waals surface area contributed by atoms with Crippen molar-refractivity contribution in [2.75, 3.05) is 19.6 Å². The zero-order chi connectivity index (χ0) is 21.9. The molecule has 2 amide bonds. The minimum atomic E-state index is 0.0975. The number of fused-ring (bicyclic) bond motifs is 1. The molecule has 3 heterocycles. The Bertz CT molecular complexity index is 1140. The van der Waals surface area contributed by atoms with Crippen molar-refractivity contribution in [1.82, 2.24) is 14.8 Å². The van der Waals surface area contributed by atoms with Gasteiger partial charge in [0, 0.05) is 49.7 Å². The van der Waals surface area contributed by atoms with Crippen LogP contribution in [0, 0.1) is 5.92 Å². The van der Waals surface area contributed by atoms with Crippen LogP contribution in [0.15, 0.2) is 60.8 Å². The molecule has 0 N–H and O–H groups in total. The lowest BCUT2D eigenvalue weighted by atomic mass is 9.90. The number of likely N-dealkylation sites (tertiary alicyclic amines) is 2. The molecule has 32 heavy (non-hydrogen) atoms. The quantitative estimate of drug-likeness (QED) is 0.604. The second-order valence-electron chi connectivity index (χ2n) is 9.08. The Morgan fingerprint density at radius 3 is 2.78 bits per heavy atom. The molecular formula is C27H29N3O2. The predicted molar refractivity (Wildman–Crippen MR) is 125 cm³/mol. The fourth-order valence-electron chi connectivity index (χ4n) is 5.14. The summed E-state index contributed by atoms with van der Waals surface area (Å²) in [5, 5.41) is 1.17. The van der Waals surface area contributed by atoms with Gasteiger partial charge in [-0.25, -0.2) is 0 Å². The van der Waals surface area contributed by atoms with Gasteiger partial charge in [0.25, 0.3) is 5.91 Å². The van der Waals surface area contributed by atoms with Crippen LogP contribution in [0.25, 0.3) is 10.9 Å². The molecule has 2 aliphatic rings. The van der Waals surface area contributed by atoms with E-state index in [0.29, 0.717) is 18.9 Å². The third-order valence-corrected chi connectivity index (χ3v) is 6.75. The molecule has 0 aliphatic carbocycles. The summed E-state index contributed by atoms with van der Waals surface area (Å²) in [7, 11) is 0. The smallest absolute Gasteiger partial charge is 0.253 e. The fourth-order valence-corrected chi connectivity index (χ4v) is 5.14. The van der Waals surface area contributed by atoms with Crippen molar-refractivity contribution in [3.63, 3.8) is 0 Å². The van der Waals surface area contributed by atoms with E-state index in [1.54, 1.807) is 0 Å². The minimum Gasteiger partial charge on any atom is -0.338 e. The normalized spacial score (nSPS) is 19.0. The molecule has 0 unspecified atom stereocenters. The number of pyridine rings is 1. The van der Waals surface area contributed by atoms with E-state index in [1.165, 1.54) is 10.9 Å². The molecule has 3 aromatic rings. The number of hydrogen-bond acceptors (Lipinski definition) is 3. The second kappa shape index (κ2) is 9.11. The van der Waals surface area contributed by atoms with Gasteiger partial charge in [-0.2, -0.15) is 0 Å². The fraction of sp³-hybridized carbons (Fsp3) is 0.370. The first-order chi connectivity index (χ1) is 15.7. The number of amides is 2. The zero-order valence-corrected chi connectivity index (χ0v) is 18.4. The third kappa shape index (κ3) is 4.38. The number of carbonyl (C=O) groups is 2. The van der Waals surface area contributed by atoms with E-state index in [1.807, 2.05) is 46.3 Å². The molecule has 2 saturated heterocycles. The molecule has 1 aromatic heterocycles. The van der Waals surface area contributed by atoms with Crippen LogP contribution >= 0.6 is 0 Å². The summed E-state index contributed by atoms with van der Waals surface area (Å²) in [4.78, 5) is 33.7. The molecule has 5 nitrogen and oxygen atoms in total. The Morgan fingerprint density at radius 1 is 1.03 bits per heavy atom. The maximum atomic E-state index is 13.3. The van der Waals surface area contributed by atoms with Crippen molar-refractivity contribution >= 4 is 22.7 Å². The molecule has 2 aliphatic heterocycles. The van der Waals surface area contributed by atoms with Crippen molar-refractivity contribution in [2.24, 2.45) is 5.92 Å². The van der Waals surface area contributed by atoms with Gasteiger partial charge in [0.05, 0.1) is 5.52 Å². The van der Waals surface area contributed by atoms with E-state index >= 15 is 0 Å². The van der Waals surface area contributed by atoms with Crippen LogP contribution in [0.2, 0.25) is 0 Å². The van der Waals surface area contributed by atoms with Gasteiger partial charge >= 0.3 is 0 Å². The first-order valence-corrected chi connectivity index (χ1v) is 11.7. The number of piperidine rings is 1. The Hall–Kier alpha value is -3.21. The van der Waals surface area contributed by atoms with Gasteiger partial charge in [-0.05, 0) is 60.9 Å². The molecule has 5 heteroatoms. The van der Waals surface area contributed by atoms with E-state index in [4.69, 9.17) is 0 Å². The molecule has 0 radical (unpaired) electrons. The van der Waals surface area contributed by atoms with E-state index in [2.05, 4.69) is 29.2 Å². The summed E-state index contributed by atoms with van der Waals surface area (Å²) < 4.78 is 0. The largest absolute Gasteiger partial charge is 0.338 e. The lowest BCUT2D eigenvalue weighted by molar-refractivity contribution is -0.128. The molecular weight excluding hydrogens is 398 g/mol. The van der Waals surface area contributed by atoms with E-state index < -0.39 is 0 Å². The first kappa shape index (κ1) is 20.7. The topological polar surface area (TPSA) is 53.5 Å². The molecule has 0 saturated carbocycles. The SMILES string of the molecule is O=C1CCCN1Cc1cccc(C(=O)N2CCC[C@@H](Cc3cccc4cccnc34)C2)c1. The number of benzene rings is 2. The number of rotatable bonds is 5. The van der Waals surface area contributed by atoms with Crippen LogP contribution < -0.4 is 0 Å². The van der Waals surface area contributed by atoms with Crippen LogP contribution in [0.1, 0.15) is 47.2 Å². The lowest BCUT2D eigenvalue weighted by Crippen LogP contribution is -2.40. The van der Waals surface area contributed by atoms with E-state index in [0.717, 1.165) is 62.0 Å². The molecule has 5 rings (SSSR count). The monoisotopic (exact) mass is 427 g/mol. The summed E-state index contributed by atoms with van der Waals surface area (Å²) in [6.07, 6.45) is 6.51. The maximum absolute atomic E-state index is 13.3. The van der Waals surface area contributed by atoms with E-state index in [-0.39, 0.29) is 11.8 Å². The standard InChI is InChI=1S/C27H29N3O2/c31-25-12-5-14-29(25)18-20-6-1-10-24(17-20)27(32)30-15-4-7-21(19-30)16-23-9-2-8-22-11-3-13-28-26(22)23/h1-3,6,8-11,13,17,21H,4-5,7,12,14-16,18-19H2/t21-/m0/s1. The van der Waals surface area contributed by atoms with Crippen molar-refractivity contribution < 1.29 is 9.59 Å². The summed E-state index contributed by atoms with van der Waals surface area (Å²) >= 11 is 0. The van der Waals surface area contributed by atoms with Crippen molar-refractivity contribution in [1.29, 1.82) is 0 Å². The third-order valence-electron chi connectivity index (χ3n) is 6.75. The van der Waals surface area contributed by atoms with E-state index in [9.17, 15) is 9.59 Å². The van der Waals surface area contributed by atoms with Crippen LogP contribution in [-0.2, 0) is 17.8 Å². The van der Waals surface area contributed by atoms with Crippen LogP contribution in [0.5, 0.6) is 0 Å². The van der Waals surface area contributed by atoms with Crippen molar-refractivity contribution in [3.8, 4) is 0 Å². The maximum Gasteiger partial charge on any atom is 0.253 e. The molecule has 0 spiro atoms. The molecule has 2 fully saturated rings. The summed E-state index contributed by atoms with van der Waals surface area (Å²) in [6, 6.07) is 18.3.